The third-order valence-corrected chi connectivity index (χ3v) is 3.49. The average molecular weight is 281 g/mol. The Morgan fingerprint density at radius 2 is 2.06 bits per heavy atom. The Labute approximate surface area is 103 Å². The summed E-state index contributed by atoms with van der Waals surface area (Å²) in [6.07, 6.45) is 0. The quantitative estimate of drug-likeness (QED) is 0.629. The van der Waals surface area contributed by atoms with Gasteiger partial charge in [-0.15, -0.1) is 0 Å². The van der Waals surface area contributed by atoms with E-state index in [1.54, 1.807) is 6.92 Å². The third-order valence-electron chi connectivity index (χ3n) is 2.02. The van der Waals surface area contributed by atoms with Crippen LogP contribution in [0.1, 0.15) is 22.8 Å². The number of carbonyl (C=O) groups excluding carboxylic acids is 1. The number of ether oxygens (including phenoxy) is 1. The summed E-state index contributed by atoms with van der Waals surface area (Å²) >= 11 is 0. The van der Waals surface area contributed by atoms with Gasteiger partial charge in [0, 0.05) is 10.7 Å². The first-order valence-corrected chi connectivity index (χ1v) is 7.00. The molecular weight excluding hydrogens is 271 g/mol. The first-order chi connectivity index (χ1) is 7.77. The van der Waals surface area contributed by atoms with E-state index in [9.17, 15) is 17.6 Å². The lowest BCUT2D eigenvalue weighted by Gasteiger charge is -2.07. The number of benzene rings is 1. The van der Waals surface area contributed by atoms with Crippen LogP contribution in [0.15, 0.2) is 17.0 Å². The molecule has 0 fully saturated rings. The molecule has 0 aliphatic carbocycles. The van der Waals surface area contributed by atoms with Crippen LogP contribution < -0.4 is 0 Å². The highest BCUT2D eigenvalue weighted by Gasteiger charge is 2.21. The molecule has 0 atom stereocenters. The van der Waals surface area contributed by atoms with E-state index in [0.717, 1.165) is 12.1 Å². The zero-order valence-electron chi connectivity index (χ0n) is 9.16. The summed E-state index contributed by atoms with van der Waals surface area (Å²) in [6, 6.07) is 1.81. The monoisotopic (exact) mass is 280 g/mol. The number of aryl methyl sites for hydroxylation is 1. The van der Waals surface area contributed by atoms with Crippen molar-refractivity contribution in [1.29, 1.82) is 0 Å². The molecule has 1 rings (SSSR count). The van der Waals surface area contributed by atoms with Crippen LogP contribution in [0.25, 0.3) is 0 Å². The van der Waals surface area contributed by atoms with Crippen LogP contribution in [0.5, 0.6) is 0 Å². The maximum Gasteiger partial charge on any atom is 0.341 e. The molecular formula is C10H10ClFO4S. The zero-order chi connectivity index (χ0) is 13.2. The Morgan fingerprint density at radius 3 is 2.53 bits per heavy atom. The molecule has 0 heterocycles. The maximum absolute atomic E-state index is 13.5. The van der Waals surface area contributed by atoms with Gasteiger partial charge in [0.2, 0.25) is 0 Å². The van der Waals surface area contributed by atoms with Crippen molar-refractivity contribution in [3.8, 4) is 0 Å². The van der Waals surface area contributed by atoms with E-state index in [2.05, 4.69) is 4.74 Å². The first kappa shape index (κ1) is 13.9. The van der Waals surface area contributed by atoms with Gasteiger partial charge < -0.3 is 4.74 Å². The van der Waals surface area contributed by atoms with Gasteiger partial charge in [0.25, 0.3) is 9.05 Å². The molecule has 0 radical (unpaired) electrons. The summed E-state index contributed by atoms with van der Waals surface area (Å²) in [5, 5.41) is 0. The molecule has 1 aromatic rings. The van der Waals surface area contributed by atoms with E-state index in [1.807, 2.05) is 0 Å². The second kappa shape index (κ2) is 5.01. The molecule has 0 saturated heterocycles. The second-order valence-corrected chi connectivity index (χ2v) is 5.79. The molecule has 94 valence electrons. The van der Waals surface area contributed by atoms with Gasteiger partial charge in [0.1, 0.15) is 5.82 Å². The van der Waals surface area contributed by atoms with Crippen molar-refractivity contribution < 1.29 is 22.3 Å². The average Bonchev–Trinajstić information content (AvgIpc) is 2.15. The van der Waals surface area contributed by atoms with E-state index in [0.29, 0.717) is 0 Å². The van der Waals surface area contributed by atoms with Gasteiger partial charge in [-0.1, -0.05) is 0 Å². The van der Waals surface area contributed by atoms with Crippen LogP contribution in [0.2, 0.25) is 0 Å². The van der Waals surface area contributed by atoms with Crippen molar-refractivity contribution in [2.75, 3.05) is 6.61 Å². The third kappa shape index (κ3) is 3.17. The number of hydrogen-bond acceptors (Lipinski definition) is 4. The standard InChI is InChI=1S/C10H10ClFO4S/c1-3-16-10(13)7-5-9(17(11,14)15)6(2)4-8(7)12/h4-5H,3H2,1-2H3. The predicted molar refractivity (Wildman–Crippen MR) is 60.1 cm³/mol. The molecule has 0 unspecified atom stereocenters. The van der Waals surface area contributed by atoms with Crippen LogP contribution >= 0.6 is 10.7 Å². The highest BCUT2D eigenvalue weighted by Crippen LogP contribution is 2.23. The highest BCUT2D eigenvalue weighted by atomic mass is 35.7. The topological polar surface area (TPSA) is 60.4 Å². The molecule has 17 heavy (non-hydrogen) atoms. The minimum atomic E-state index is -4.02. The van der Waals surface area contributed by atoms with Crippen LogP contribution in [-0.4, -0.2) is 21.0 Å². The minimum absolute atomic E-state index is 0.0646. The van der Waals surface area contributed by atoms with Gasteiger partial charge in [-0.3, -0.25) is 0 Å². The van der Waals surface area contributed by atoms with Crippen LogP contribution in [0.3, 0.4) is 0 Å². The molecule has 0 amide bonds. The minimum Gasteiger partial charge on any atom is -0.462 e. The van der Waals surface area contributed by atoms with E-state index in [-0.39, 0.29) is 17.1 Å². The van der Waals surface area contributed by atoms with Gasteiger partial charge >= 0.3 is 5.97 Å². The van der Waals surface area contributed by atoms with Gasteiger partial charge in [-0.25, -0.2) is 17.6 Å². The summed E-state index contributed by atoms with van der Waals surface area (Å²) in [7, 11) is 1.14. The zero-order valence-corrected chi connectivity index (χ0v) is 10.7. The van der Waals surface area contributed by atoms with E-state index in [1.165, 1.54) is 6.92 Å². The predicted octanol–water partition coefficient (Wildman–Crippen LogP) is 2.24. The summed E-state index contributed by atoms with van der Waals surface area (Å²) in [5.74, 6) is -1.77. The fourth-order valence-corrected chi connectivity index (χ4v) is 2.48. The molecule has 0 N–H and O–H groups in total. The second-order valence-electron chi connectivity index (χ2n) is 3.26. The Kier molecular flexibility index (Phi) is 4.11. The van der Waals surface area contributed by atoms with E-state index < -0.39 is 26.4 Å². The van der Waals surface area contributed by atoms with Gasteiger partial charge in [-0.05, 0) is 31.5 Å². The molecule has 0 aliphatic heterocycles. The number of carbonyl (C=O) groups is 1. The maximum atomic E-state index is 13.5. The van der Waals surface area contributed by atoms with Crippen molar-refractivity contribution in [1.82, 2.24) is 0 Å². The lowest BCUT2D eigenvalue weighted by molar-refractivity contribution is 0.0520. The molecule has 0 aromatic heterocycles. The van der Waals surface area contributed by atoms with Crippen molar-refractivity contribution in [2.45, 2.75) is 18.7 Å². The number of esters is 1. The summed E-state index contributed by atoms with van der Waals surface area (Å²) in [6.45, 7) is 3.01. The molecule has 0 bridgehead atoms. The van der Waals surface area contributed by atoms with Gasteiger partial charge in [0.15, 0.2) is 0 Å². The van der Waals surface area contributed by atoms with E-state index in [4.69, 9.17) is 10.7 Å². The van der Waals surface area contributed by atoms with E-state index >= 15 is 0 Å². The van der Waals surface area contributed by atoms with Crippen LogP contribution in [0.4, 0.5) is 4.39 Å². The van der Waals surface area contributed by atoms with Crippen molar-refractivity contribution in [2.24, 2.45) is 0 Å². The number of rotatable bonds is 3. The molecule has 0 aliphatic rings. The SMILES string of the molecule is CCOC(=O)c1cc(S(=O)(=O)Cl)c(C)cc1F. The molecule has 1 aromatic carbocycles. The molecule has 4 nitrogen and oxygen atoms in total. The van der Waals surface area contributed by atoms with Crippen molar-refractivity contribution >= 4 is 25.7 Å². The number of halogens is 2. The Hall–Kier alpha value is -1.14. The summed E-state index contributed by atoms with van der Waals surface area (Å²) in [4.78, 5) is 11.1. The van der Waals surface area contributed by atoms with Crippen LogP contribution in [-0.2, 0) is 13.8 Å². The Morgan fingerprint density at radius 1 is 1.47 bits per heavy atom. The van der Waals surface area contributed by atoms with Crippen LogP contribution in [0, 0.1) is 12.7 Å². The summed E-state index contributed by atoms with van der Waals surface area (Å²) < 4.78 is 40.4. The van der Waals surface area contributed by atoms with Crippen molar-refractivity contribution in [3.63, 3.8) is 0 Å². The Bertz CT molecular complexity index is 554. The Balaban J connectivity index is 3.39. The van der Waals surface area contributed by atoms with Gasteiger partial charge in [0.05, 0.1) is 17.1 Å². The lowest BCUT2D eigenvalue weighted by atomic mass is 10.1. The number of hydrogen-bond donors (Lipinski definition) is 0. The van der Waals surface area contributed by atoms with Gasteiger partial charge in [-0.2, -0.15) is 0 Å². The largest absolute Gasteiger partial charge is 0.462 e. The fraction of sp³-hybridized carbons (Fsp3) is 0.300. The van der Waals surface area contributed by atoms with Crippen molar-refractivity contribution in [3.05, 3.63) is 29.1 Å². The normalized spacial score (nSPS) is 11.3. The lowest BCUT2D eigenvalue weighted by Crippen LogP contribution is -2.09. The smallest absolute Gasteiger partial charge is 0.341 e. The molecule has 7 heteroatoms. The molecule has 0 saturated carbocycles. The first-order valence-electron chi connectivity index (χ1n) is 4.69. The summed E-state index contributed by atoms with van der Waals surface area (Å²) in [5.41, 5.74) is -0.317. The highest BCUT2D eigenvalue weighted by molar-refractivity contribution is 8.13. The fourth-order valence-electron chi connectivity index (χ4n) is 1.28. The molecule has 0 spiro atoms.